The van der Waals surface area contributed by atoms with Gasteiger partial charge in [0.1, 0.15) is 4.59 Å². The van der Waals surface area contributed by atoms with Crippen LogP contribution in [0, 0.1) is 0 Å². The summed E-state index contributed by atoms with van der Waals surface area (Å²) in [5, 5.41) is 0. The van der Waals surface area contributed by atoms with Crippen molar-refractivity contribution >= 4 is 56.4 Å². The van der Waals surface area contributed by atoms with E-state index in [9.17, 15) is 13.2 Å². The van der Waals surface area contributed by atoms with Gasteiger partial charge in [-0.3, -0.25) is 0 Å². The van der Waals surface area contributed by atoms with Gasteiger partial charge < -0.3 is 4.67 Å². The van der Waals surface area contributed by atoms with Crippen LogP contribution in [0.1, 0.15) is 26.7 Å². The van der Waals surface area contributed by atoms with E-state index in [0.29, 0.717) is 11.5 Å². The van der Waals surface area contributed by atoms with Gasteiger partial charge in [0.15, 0.2) is 4.99 Å². The first kappa shape index (κ1) is 20.8. The van der Waals surface area contributed by atoms with Gasteiger partial charge >= 0.3 is 6.18 Å². The molecule has 0 aliphatic heterocycles. The lowest BCUT2D eigenvalue weighted by Gasteiger charge is -2.32. The van der Waals surface area contributed by atoms with Crippen molar-refractivity contribution in [3.63, 3.8) is 0 Å². The van der Waals surface area contributed by atoms with Crippen molar-refractivity contribution in [3.8, 4) is 0 Å². The summed E-state index contributed by atoms with van der Waals surface area (Å²) in [5.41, 5.74) is 0. The normalized spacial score (nSPS) is 15.3. The third kappa shape index (κ3) is 7.16. The number of halogens is 3. The lowest BCUT2D eigenvalue weighted by Crippen LogP contribution is -2.33. The Kier molecular flexibility index (Phi) is 10.1. The molecule has 1 nitrogen and oxygen atoms in total. The number of unbranched alkanes of at least 4 members (excludes halogenated alkanes) is 1. The third-order valence-electron chi connectivity index (χ3n) is 2.15. The predicted octanol–water partition coefficient (Wildman–Crippen LogP) is 5.88. The van der Waals surface area contributed by atoms with Crippen molar-refractivity contribution in [1.29, 1.82) is 0 Å². The average molecular weight is 382 g/mol. The zero-order valence-electron chi connectivity index (χ0n) is 11.6. The van der Waals surface area contributed by atoms with E-state index in [-0.39, 0.29) is 0 Å². The van der Waals surface area contributed by atoms with Crippen LogP contribution in [0.5, 0.6) is 0 Å². The van der Waals surface area contributed by atoms with E-state index >= 15 is 0 Å². The minimum absolute atomic E-state index is 0.620. The van der Waals surface area contributed by atoms with Crippen molar-refractivity contribution in [2.45, 2.75) is 32.9 Å². The van der Waals surface area contributed by atoms with Gasteiger partial charge in [-0.05, 0) is 12.2 Å². The van der Waals surface area contributed by atoms with Crippen LogP contribution in [0.3, 0.4) is 0 Å². The van der Waals surface area contributed by atoms with Crippen molar-refractivity contribution < 1.29 is 13.2 Å². The fourth-order valence-electron chi connectivity index (χ4n) is 1.16. The molecule has 0 radical (unpaired) electrons. The van der Waals surface area contributed by atoms with E-state index < -0.39 is 15.8 Å². The zero-order chi connectivity index (χ0) is 15.8. The highest BCUT2D eigenvalue weighted by atomic mass is 33.2. The van der Waals surface area contributed by atoms with E-state index in [2.05, 4.69) is 19.1 Å². The number of rotatable bonds is 8. The number of alkyl halides is 3. The zero-order valence-corrected chi connectivity index (χ0v) is 15.8. The van der Waals surface area contributed by atoms with Crippen LogP contribution in [-0.4, -0.2) is 34.4 Å². The van der Waals surface area contributed by atoms with E-state index in [1.807, 2.05) is 19.1 Å². The van der Waals surface area contributed by atoms with Crippen LogP contribution in [-0.2, 0) is 11.8 Å². The molecule has 1 atom stereocenters. The maximum absolute atomic E-state index is 12.7. The molecular formula is C11H19F3NPS4. The van der Waals surface area contributed by atoms with Gasteiger partial charge in [0.05, 0.1) is 0 Å². The molecule has 0 aromatic rings. The molecule has 20 heavy (non-hydrogen) atoms. The lowest BCUT2D eigenvalue weighted by atomic mass is 10.3. The summed E-state index contributed by atoms with van der Waals surface area (Å²) in [4.78, 5) is -1.02. The Labute approximate surface area is 137 Å². The van der Waals surface area contributed by atoms with Crippen molar-refractivity contribution in [2.24, 2.45) is 0 Å². The molecule has 1 unspecified atom stereocenters. The molecule has 9 heteroatoms. The van der Waals surface area contributed by atoms with Crippen LogP contribution in [0.15, 0.2) is 12.2 Å². The summed E-state index contributed by atoms with van der Waals surface area (Å²) >= 11 is 12.8. The standard InChI is InChI=1S/C11H19F3NPS4/c1-4-6-7-8-9-20-16(18,19-5-2)15(3)10(17)11(12,13)14/h7-8H,4-6,9H2,1-3H3. The Bertz CT molecular complexity index is 384. The van der Waals surface area contributed by atoms with Gasteiger partial charge in [-0.25, -0.2) is 0 Å². The Hall–Kier alpha value is 0.770. The first-order valence-electron chi connectivity index (χ1n) is 6.08. The van der Waals surface area contributed by atoms with Crippen molar-refractivity contribution in [3.05, 3.63) is 12.2 Å². The number of thiocarbonyl (C=S) groups is 1. The molecule has 0 rings (SSSR count). The van der Waals surface area contributed by atoms with Gasteiger partial charge in [-0.2, -0.15) is 13.2 Å². The highest BCUT2D eigenvalue weighted by Gasteiger charge is 2.41. The Morgan fingerprint density at radius 2 is 1.85 bits per heavy atom. The SMILES string of the molecule is CCCC=CCSP(=S)(SCC)N(C)C(=S)C(F)(F)F. The van der Waals surface area contributed by atoms with E-state index in [4.69, 9.17) is 11.8 Å². The Morgan fingerprint density at radius 1 is 1.25 bits per heavy atom. The van der Waals surface area contributed by atoms with Crippen LogP contribution in [0.4, 0.5) is 13.2 Å². The van der Waals surface area contributed by atoms with Gasteiger partial charge in [-0.1, -0.05) is 79.2 Å². The molecule has 0 saturated carbocycles. The number of hydrogen-bond acceptors (Lipinski definition) is 4. The lowest BCUT2D eigenvalue weighted by molar-refractivity contribution is -0.0617. The maximum Gasteiger partial charge on any atom is 0.442 e. The fraction of sp³-hybridized carbons (Fsp3) is 0.727. The summed E-state index contributed by atoms with van der Waals surface area (Å²) in [5.74, 6) is 1.29. The molecule has 0 fully saturated rings. The summed E-state index contributed by atoms with van der Waals surface area (Å²) in [6.07, 6.45) is 1.53. The number of allylic oxidation sites excluding steroid dienone is 1. The largest absolute Gasteiger partial charge is 0.442 e. The highest BCUT2D eigenvalue weighted by molar-refractivity contribution is 9.00. The van der Waals surface area contributed by atoms with Gasteiger partial charge in [0.25, 0.3) is 0 Å². The summed E-state index contributed by atoms with van der Waals surface area (Å²) < 4.78 is 36.8. The van der Waals surface area contributed by atoms with Crippen LogP contribution >= 0.6 is 39.6 Å². The van der Waals surface area contributed by atoms with Gasteiger partial charge in [0, 0.05) is 12.8 Å². The van der Waals surface area contributed by atoms with Crippen LogP contribution < -0.4 is 0 Å². The Balaban J connectivity index is 4.82. The second-order valence-corrected chi connectivity index (χ2v) is 15.5. The molecule has 0 saturated heterocycles. The quantitative estimate of drug-likeness (QED) is 0.293. The van der Waals surface area contributed by atoms with E-state index in [0.717, 1.165) is 17.5 Å². The van der Waals surface area contributed by atoms with Crippen molar-refractivity contribution in [2.75, 3.05) is 18.6 Å². The first-order chi connectivity index (χ1) is 9.19. The second kappa shape index (κ2) is 9.72. The molecule has 0 aliphatic rings. The maximum atomic E-state index is 12.7. The van der Waals surface area contributed by atoms with Crippen LogP contribution in [0.2, 0.25) is 0 Å². The first-order valence-corrected chi connectivity index (χ1v) is 12.4. The second-order valence-electron chi connectivity index (χ2n) is 3.77. The molecule has 0 aliphatic carbocycles. The van der Waals surface area contributed by atoms with E-state index in [1.165, 1.54) is 29.8 Å². The fourth-order valence-corrected chi connectivity index (χ4v) is 10.9. The molecule has 0 aromatic heterocycles. The van der Waals surface area contributed by atoms with Crippen molar-refractivity contribution in [1.82, 2.24) is 4.67 Å². The molecule has 0 aromatic carbocycles. The van der Waals surface area contributed by atoms with E-state index in [1.54, 1.807) is 0 Å². The molecule has 0 spiro atoms. The topological polar surface area (TPSA) is 3.24 Å². The average Bonchev–Trinajstić information content (AvgIpc) is 2.36. The van der Waals surface area contributed by atoms with Gasteiger partial charge in [0.2, 0.25) is 0 Å². The highest BCUT2D eigenvalue weighted by Crippen LogP contribution is 2.71. The molecule has 0 N–H and O–H groups in total. The summed E-state index contributed by atoms with van der Waals surface area (Å²) in [6, 6.07) is 0. The summed E-state index contributed by atoms with van der Waals surface area (Å²) in [6.45, 7) is 3.97. The molecular weight excluding hydrogens is 362 g/mol. The minimum Gasteiger partial charge on any atom is -0.318 e. The van der Waals surface area contributed by atoms with Gasteiger partial charge in [-0.15, -0.1) is 0 Å². The van der Waals surface area contributed by atoms with Crippen LogP contribution in [0.25, 0.3) is 0 Å². The number of nitrogens with zero attached hydrogens (tertiary/aromatic N) is 1. The summed E-state index contributed by atoms with van der Waals surface area (Å²) in [7, 11) is 1.36. The molecule has 0 amide bonds. The monoisotopic (exact) mass is 381 g/mol. The molecule has 0 bridgehead atoms. The Morgan fingerprint density at radius 3 is 2.30 bits per heavy atom. The number of hydrogen-bond donors (Lipinski definition) is 0. The smallest absolute Gasteiger partial charge is 0.318 e. The predicted molar refractivity (Wildman–Crippen MR) is 95.3 cm³/mol. The third-order valence-corrected chi connectivity index (χ3v) is 14.2. The minimum atomic E-state index is -4.50. The molecule has 0 heterocycles. The molecule has 118 valence electrons.